The minimum Gasteiger partial charge on any atom is -0.297 e. The Hall–Kier alpha value is -1.16. The number of nitrogens with zero attached hydrogens (tertiary/aromatic N) is 3. The molecule has 0 aliphatic heterocycles. The molecule has 2 saturated carbocycles. The van der Waals surface area contributed by atoms with Crippen molar-refractivity contribution < 1.29 is 4.79 Å². The zero-order valence-electron chi connectivity index (χ0n) is 13.3. The Kier molecular flexibility index (Phi) is 4.16. The molecular weight excluding hydrogens is 262 g/mol. The third-order valence-corrected chi connectivity index (χ3v) is 5.51. The van der Waals surface area contributed by atoms with Crippen LogP contribution in [0.4, 0.5) is 0 Å². The van der Waals surface area contributed by atoms with Gasteiger partial charge in [-0.25, -0.2) is 0 Å². The van der Waals surface area contributed by atoms with Crippen molar-refractivity contribution in [2.24, 2.45) is 0 Å². The highest BCUT2D eigenvalue weighted by Gasteiger charge is 2.42. The van der Waals surface area contributed by atoms with Crippen molar-refractivity contribution in [2.45, 2.75) is 69.4 Å². The first-order chi connectivity index (χ1) is 10.1. The quantitative estimate of drug-likeness (QED) is 0.836. The Labute approximate surface area is 127 Å². The molecule has 2 fully saturated rings. The molecule has 0 amide bonds. The van der Waals surface area contributed by atoms with Crippen LogP contribution in [0.3, 0.4) is 0 Å². The van der Waals surface area contributed by atoms with E-state index in [-0.39, 0.29) is 5.54 Å². The van der Waals surface area contributed by atoms with Crippen LogP contribution in [0.1, 0.15) is 63.1 Å². The number of hydrogen-bond acceptors (Lipinski definition) is 3. The van der Waals surface area contributed by atoms with E-state index in [4.69, 9.17) is 0 Å². The van der Waals surface area contributed by atoms with Gasteiger partial charge in [0.05, 0.1) is 23.7 Å². The summed E-state index contributed by atoms with van der Waals surface area (Å²) >= 11 is 0. The number of carbonyl (C=O) groups excluding carboxylic acids is 1. The summed E-state index contributed by atoms with van der Waals surface area (Å²) in [6.07, 6.45) is 12.0. The third-order valence-electron chi connectivity index (χ3n) is 5.51. The summed E-state index contributed by atoms with van der Waals surface area (Å²) in [6, 6.07) is 2.59. The van der Waals surface area contributed by atoms with Gasteiger partial charge in [0, 0.05) is 6.20 Å². The van der Waals surface area contributed by atoms with Crippen LogP contribution in [0.5, 0.6) is 0 Å². The predicted molar refractivity (Wildman–Crippen MR) is 83.3 cm³/mol. The molecule has 0 radical (unpaired) electrons. The van der Waals surface area contributed by atoms with Crippen molar-refractivity contribution in [3.63, 3.8) is 0 Å². The molecule has 0 bridgehead atoms. The Bertz CT molecular complexity index is 494. The largest absolute Gasteiger partial charge is 0.297 e. The minimum atomic E-state index is -0.239. The molecule has 0 saturated heterocycles. The van der Waals surface area contributed by atoms with Crippen LogP contribution in [-0.4, -0.2) is 40.1 Å². The molecule has 0 spiro atoms. The lowest BCUT2D eigenvalue weighted by molar-refractivity contribution is -0.128. The van der Waals surface area contributed by atoms with Gasteiger partial charge in [-0.2, -0.15) is 5.10 Å². The van der Waals surface area contributed by atoms with E-state index in [1.54, 1.807) is 0 Å². The monoisotopic (exact) mass is 289 g/mol. The second-order valence-corrected chi connectivity index (χ2v) is 6.96. The fourth-order valence-corrected chi connectivity index (χ4v) is 4.11. The molecule has 0 N–H and O–H groups in total. The van der Waals surface area contributed by atoms with Gasteiger partial charge in [0.25, 0.3) is 0 Å². The standard InChI is InChI=1S/C17H27N3O/c1-19(2)17(10-5-6-11-17)16(21)13-14-9-12-20(18-14)15-7-3-4-8-15/h9,12,15H,3-8,10-11,13H2,1-2H3. The van der Waals surface area contributed by atoms with Gasteiger partial charge in [0.2, 0.25) is 0 Å². The van der Waals surface area contributed by atoms with E-state index in [9.17, 15) is 4.79 Å². The molecule has 4 nitrogen and oxygen atoms in total. The Morgan fingerprint density at radius 1 is 1.29 bits per heavy atom. The number of ketones is 1. The van der Waals surface area contributed by atoms with Crippen molar-refractivity contribution in [3.8, 4) is 0 Å². The maximum atomic E-state index is 12.8. The molecule has 21 heavy (non-hydrogen) atoms. The summed E-state index contributed by atoms with van der Waals surface area (Å²) in [7, 11) is 4.08. The van der Waals surface area contributed by atoms with Crippen LogP contribution in [0.25, 0.3) is 0 Å². The van der Waals surface area contributed by atoms with Gasteiger partial charge in [-0.05, 0) is 45.8 Å². The van der Waals surface area contributed by atoms with Crippen LogP contribution >= 0.6 is 0 Å². The van der Waals surface area contributed by atoms with Crippen LogP contribution in [0.2, 0.25) is 0 Å². The van der Waals surface area contributed by atoms with Crippen molar-refractivity contribution >= 4 is 5.78 Å². The minimum absolute atomic E-state index is 0.239. The summed E-state index contributed by atoms with van der Waals surface area (Å²) in [5.74, 6) is 0.349. The molecule has 3 rings (SSSR count). The van der Waals surface area contributed by atoms with Crippen molar-refractivity contribution in [3.05, 3.63) is 18.0 Å². The van der Waals surface area contributed by atoms with Crippen LogP contribution in [-0.2, 0) is 11.2 Å². The molecule has 0 aromatic carbocycles. The van der Waals surface area contributed by atoms with Crippen LogP contribution in [0, 0.1) is 0 Å². The lowest BCUT2D eigenvalue weighted by Crippen LogP contribution is -2.49. The molecule has 2 aliphatic rings. The molecule has 4 heteroatoms. The van der Waals surface area contributed by atoms with Crippen molar-refractivity contribution in [1.29, 1.82) is 0 Å². The van der Waals surface area contributed by atoms with Gasteiger partial charge >= 0.3 is 0 Å². The van der Waals surface area contributed by atoms with Gasteiger partial charge in [-0.1, -0.05) is 25.7 Å². The molecule has 1 aromatic heterocycles. The highest BCUT2D eigenvalue weighted by Crippen LogP contribution is 2.35. The van der Waals surface area contributed by atoms with Crippen molar-refractivity contribution in [1.82, 2.24) is 14.7 Å². The van der Waals surface area contributed by atoms with E-state index in [0.717, 1.165) is 18.5 Å². The fraction of sp³-hybridized carbons (Fsp3) is 0.765. The molecule has 0 atom stereocenters. The summed E-state index contributed by atoms with van der Waals surface area (Å²) < 4.78 is 2.09. The second-order valence-electron chi connectivity index (χ2n) is 6.96. The average molecular weight is 289 g/mol. The van der Waals surface area contributed by atoms with E-state index in [2.05, 4.69) is 20.9 Å². The normalized spacial score (nSPS) is 22.2. The van der Waals surface area contributed by atoms with E-state index in [1.807, 2.05) is 20.2 Å². The first-order valence-corrected chi connectivity index (χ1v) is 8.36. The maximum absolute atomic E-state index is 12.8. The van der Waals surface area contributed by atoms with Gasteiger partial charge < -0.3 is 0 Å². The third kappa shape index (κ3) is 2.78. The molecule has 1 aromatic rings. The van der Waals surface area contributed by atoms with Crippen LogP contribution < -0.4 is 0 Å². The Morgan fingerprint density at radius 2 is 1.95 bits per heavy atom. The molecule has 0 unspecified atom stereocenters. The molecule has 2 aliphatic carbocycles. The van der Waals surface area contributed by atoms with Crippen molar-refractivity contribution in [2.75, 3.05) is 14.1 Å². The lowest BCUT2D eigenvalue weighted by Gasteiger charge is -2.34. The summed E-state index contributed by atoms with van der Waals surface area (Å²) in [4.78, 5) is 15.0. The zero-order valence-corrected chi connectivity index (χ0v) is 13.3. The molecular formula is C17H27N3O. The number of Topliss-reactive ketones (excluding diaryl/α,β-unsaturated/α-hetero) is 1. The van der Waals surface area contributed by atoms with Gasteiger partial charge in [-0.15, -0.1) is 0 Å². The number of hydrogen-bond donors (Lipinski definition) is 0. The predicted octanol–water partition coefficient (Wildman–Crippen LogP) is 2.98. The van der Waals surface area contributed by atoms with E-state index in [1.165, 1.54) is 38.5 Å². The topological polar surface area (TPSA) is 38.1 Å². The summed E-state index contributed by atoms with van der Waals surface area (Å²) in [5.41, 5.74) is 0.706. The Balaban J connectivity index is 1.69. The molecule has 1 heterocycles. The summed E-state index contributed by atoms with van der Waals surface area (Å²) in [6.45, 7) is 0. The van der Waals surface area contributed by atoms with Gasteiger partial charge in [0.1, 0.15) is 0 Å². The van der Waals surface area contributed by atoms with E-state index in [0.29, 0.717) is 18.2 Å². The highest BCUT2D eigenvalue weighted by atomic mass is 16.1. The zero-order chi connectivity index (χ0) is 14.9. The second kappa shape index (κ2) is 5.91. The van der Waals surface area contributed by atoms with Gasteiger partial charge in [-0.3, -0.25) is 14.4 Å². The first kappa shape index (κ1) is 14.8. The lowest BCUT2D eigenvalue weighted by atomic mass is 9.88. The van der Waals surface area contributed by atoms with Crippen LogP contribution in [0.15, 0.2) is 12.3 Å². The number of likely N-dealkylation sites (N-methyl/N-ethyl adjacent to an activating group) is 1. The SMILES string of the molecule is CN(C)C1(C(=O)Cc2ccn(C3CCCC3)n2)CCCC1. The average Bonchev–Trinajstić information content (AvgIpc) is 3.20. The number of aromatic nitrogens is 2. The van der Waals surface area contributed by atoms with Gasteiger partial charge in [0.15, 0.2) is 5.78 Å². The fourth-order valence-electron chi connectivity index (χ4n) is 4.11. The molecule has 116 valence electrons. The number of rotatable bonds is 5. The maximum Gasteiger partial charge on any atom is 0.159 e. The number of carbonyl (C=O) groups is 1. The van der Waals surface area contributed by atoms with E-state index < -0.39 is 0 Å². The van der Waals surface area contributed by atoms with E-state index >= 15 is 0 Å². The first-order valence-electron chi connectivity index (χ1n) is 8.36. The summed E-state index contributed by atoms with van der Waals surface area (Å²) in [5, 5.41) is 4.67. The highest BCUT2D eigenvalue weighted by molar-refractivity contribution is 5.90. The Morgan fingerprint density at radius 3 is 2.57 bits per heavy atom. The smallest absolute Gasteiger partial charge is 0.159 e.